The predicted octanol–water partition coefficient (Wildman–Crippen LogP) is 5.11. The van der Waals surface area contributed by atoms with E-state index in [1.165, 1.54) is 11.8 Å². The Labute approximate surface area is 199 Å². The lowest BCUT2D eigenvalue weighted by molar-refractivity contribution is -0.133. The fraction of sp³-hybridized carbons (Fsp3) is 0.435. The number of nitrogens with one attached hydrogen (secondary N) is 1. The number of anilines is 2. The van der Waals surface area contributed by atoms with Gasteiger partial charge in [0, 0.05) is 28.4 Å². The molecule has 3 rings (SSSR count). The highest BCUT2D eigenvalue weighted by molar-refractivity contribution is 7.99. The fourth-order valence-corrected chi connectivity index (χ4v) is 7.07. The van der Waals surface area contributed by atoms with Gasteiger partial charge in [-0.3, -0.25) is 4.79 Å². The summed E-state index contributed by atoms with van der Waals surface area (Å²) >= 11 is 2.81. The van der Waals surface area contributed by atoms with Gasteiger partial charge in [0.2, 0.25) is 10.0 Å². The number of hydrogen-bond donors (Lipinski definition) is 2. The van der Waals surface area contributed by atoms with Gasteiger partial charge in [0.15, 0.2) is 0 Å². The number of para-hydroxylation sites is 1. The molecule has 0 radical (unpaired) electrons. The van der Waals surface area contributed by atoms with Crippen molar-refractivity contribution in [3.8, 4) is 0 Å². The second-order valence-corrected chi connectivity index (χ2v) is 11.7. The molecule has 2 aromatic carbocycles. The van der Waals surface area contributed by atoms with Crippen LogP contribution in [0, 0.1) is 0 Å². The van der Waals surface area contributed by atoms with Gasteiger partial charge >= 0.3 is 5.97 Å². The Bertz CT molecular complexity index is 1060. The normalized spacial score (nSPS) is 19.9. The van der Waals surface area contributed by atoms with Crippen molar-refractivity contribution in [2.75, 3.05) is 23.5 Å². The van der Waals surface area contributed by atoms with Gasteiger partial charge in [-0.2, -0.15) is 0 Å². The summed E-state index contributed by atoms with van der Waals surface area (Å²) in [4.78, 5) is 14.2. The third kappa shape index (κ3) is 5.81. The molecule has 0 saturated heterocycles. The van der Waals surface area contributed by atoms with Crippen molar-refractivity contribution >= 4 is 50.9 Å². The molecule has 9 heteroatoms. The number of thioether (sulfide) groups is 2. The van der Waals surface area contributed by atoms with Crippen molar-refractivity contribution in [1.29, 1.82) is 0 Å². The highest BCUT2D eigenvalue weighted by Crippen LogP contribution is 2.41. The molecule has 1 atom stereocenters. The number of rotatable bonds is 9. The van der Waals surface area contributed by atoms with E-state index in [0.717, 1.165) is 35.4 Å². The van der Waals surface area contributed by atoms with Crippen LogP contribution in [-0.4, -0.2) is 43.6 Å². The summed E-state index contributed by atoms with van der Waals surface area (Å²) in [6, 6.07) is 13.5. The van der Waals surface area contributed by atoms with Crippen LogP contribution < -0.4 is 9.62 Å². The van der Waals surface area contributed by atoms with Crippen molar-refractivity contribution in [2.24, 2.45) is 0 Å². The second-order valence-electron chi connectivity index (χ2n) is 8.21. The first kappa shape index (κ1) is 25.0. The number of unbranched alkanes of at least 4 members (excludes halogenated alkanes) is 1. The maximum atomic E-state index is 13.5. The third-order valence-corrected chi connectivity index (χ3v) is 8.92. The minimum absolute atomic E-state index is 0.0267. The van der Waals surface area contributed by atoms with E-state index in [-0.39, 0.29) is 10.6 Å². The number of carbonyl (C=O) groups is 1. The maximum Gasteiger partial charge on any atom is 0.313 e. The van der Waals surface area contributed by atoms with E-state index in [9.17, 15) is 13.2 Å². The van der Waals surface area contributed by atoms with E-state index in [1.54, 1.807) is 17.8 Å². The number of aliphatic carboxylic acids is 1. The molecule has 174 valence electrons. The van der Waals surface area contributed by atoms with Crippen LogP contribution >= 0.6 is 23.5 Å². The number of carboxylic acids is 1. The number of nitrogens with zero attached hydrogens (tertiary/aromatic N) is 1. The van der Waals surface area contributed by atoms with Gasteiger partial charge < -0.3 is 10.0 Å². The van der Waals surface area contributed by atoms with Gasteiger partial charge in [-0.25, -0.2) is 13.1 Å². The Morgan fingerprint density at radius 1 is 1.25 bits per heavy atom. The van der Waals surface area contributed by atoms with Crippen molar-refractivity contribution in [2.45, 2.75) is 54.2 Å². The number of benzene rings is 2. The molecule has 0 fully saturated rings. The number of fused-ring (bicyclic) bond motifs is 1. The summed E-state index contributed by atoms with van der Waals surface area (Å²) in [5.74, 6) is -0.475. The molecular formula is C23H30N2O4S3. The molecule has 0 aromatic heterocycles. The van der Waals surface area contributed by atoms with Crippen LogP contribution in [0.25, 0.3) is 0 Å². The minimum Gasteiger partial charge on any atom is -0.481 e. The van der Waals surface area contributed by atoms with Gasteiger partial charge in [-0.1, -0.05) is 38.0 Å². The van der Waals surface area contributed by atoms with E-state index in [2.05, 4.69) is 16.5 Å². The van der Waals surface area contributed by atoms with Crippen molar-refractivity contribution < 1.29 is 18.3 Å². The van der Waals surface area contributed by atoms with Gasteiger partial charge in [0.05, 0.1) is 11.4 Å². The summed E-state index contributed by atoms with van der Waals surface area (Å²) in [5.41, 5.74) is 1.80. The summed E-state index contributed by atoms with van der Waals surface area (Å²) in [5, 5.41) is 8.98. The molecule has 32 heavy (non-hydrogen) atoms. The molecule has 0 aliphatic carbocycles. The summed E-state index contributed by atoms with van der Waals surface area (Å²) in [6.07, 6.45) is 4.59. The molecule has 1 heterocycles. The van der Waals surface area contributed by atoms with Gasteiger partial charge in [-0.15, -0.1) is 23.5 Å². The van der Waals surface area contributed by atoms with Crippen LogP contribution in [0.3, 0.4) is 0 Å². The van der Waals surface area contributed by atoms with Gasteiger partial charge in [-0.05, 0) is 49.4 Å². The summed E-state index contributed by atoms with van der Waals surface area (Å²) in [6.45, 7) is 4.59. The largest absolute Gasteiger partial charge is 0.481 e. The third-order valence-electron chi connectivity index (χ3n) is 5.46. The van der Waals surface area contributed by atoms with Crippen LogP contribution in [0.5, 0.6) is 0 Å². The smallest absolute Gasteiger partial charge is 0.313 e. The quantitative estimate of drug-likeness (QED) is 0.469. The molecule has 2 N–H and O–H groups in total. The van der Waals surface area contributed by atoms with Crippen LogP contribution in [0.15, 0.2) is 52.3 Å². The molecule has 1 aliphatic rings. The first-order valence-electron chi connectivity index (χ1n) is 10.6. The van der Waals surface area contributed by atoms with Crippen LogP contribution in [-0.2, 0) is 20.6 Å². The minimum atomic E-state index is -3.77. The number of carboxylic acid groups (broad SMARTS) is 1. The van der Waals surface area contributed by atoms with Crippen molar-refractivity contribution in [1.82, 2.24) is 4.72 Å². The Kier molecular flexibility index (Phi) is 8.19. The van der Waals surface area contributed by atoms with E-state index in [0.29, 0.717) is 18.0 Å². The second kappa shape index (κ2) is 10.5. The zero-order valence-corrected chi connectivity index (χ0v) is 21.1. The topological polar surface area (TPSA) is 86.7 Å². The van der Waals surface area contributed by atoms with Crippen LogP contribution in [0.1, 0.15) is 38.7 Å². The average molecular weight is 495 g/mol. The molecule has 0 unspecified atom stereocenters. The molecule has 2 aromatic rings. The monoisotopic (exact) mass is 494 g/mol. The summed E-state index contributed by atoms with van der Waals surface area (Å²) < 4.78 is 30.1. The molecular weight excluding hydrogens is 464 g/mol. The first-order chi connectivity index (χ1) is 15.2. The molecule has 0 amide bonds. The van der Waals surface area contributed by atoms with E-state index in [1.807, 2.05) is 49.6 Å². The lowest BCUT2D eigenvalue weighted by Crippen LogP contribution is -2.50. The van der Waals surface area contributed by atoms with Crippen LogP contribution in [0.2, 0.25) is 0 Å². The lowest BCUT2D eigenvalue weighted by Gasteiger charge is -2.34. The fourth-order valence-electron chi connectivity index (χ4n) is 3.95. The molecule has 0 spiro atoms. The number of hydrogen-bond acceptors (Lipinski definition) is 6. The molecule has 0 bridgehead atoms. The summed E-state index contributed by atoms with van der Waals surface area (Å²) in [7, 11) is -3.77. The maximum absolute atomic E-state index is 13.5. The number of sulfonamides is 1. The Morgan fingerprint density at radius 3 is 2.59 bits per heavy atom. The molecule has 0 saturated carbocycles. The van der Waals surface area contributed by atoms with Crippen molar-refractivity contribution in [3.05, 3.63) is 48.0 Å². The zero-order valence-electron chi connectivity index (χ0n) is 18.6. The van der Waals surface area contributed by atoms with Gasteiger partial charge in [0.1, 0.15) is 4.90 Å². The van der Waals surface area contributed by atoms with Crippen molar-refractivity contribution in [3.63, 3.8) is 0 Å². The standard InChI is InChI=1S/C23H30N2O4S3/c1-4-5-11-23(2)16-25(18-9-7-6-8-10-18)19-13-20(30-3)17(14-31-15-22(26)27)12-21(19)32(28,29)24-23/h6-10,12-13,24H,4-5,11,14-16H2,1-3H3,(H,26,27)/t23-/m1/s1. The Morgan fingerprint density at radius 2 is 1.97 bits per heavy atom. The predicted molar refractivity (Wildman–Crippen MR) is 134 cm³/mol. The van der Waals surface area contributed by atoms with Gasteiger partial charge in [0.25, 0.3) is 0 Å². The van der Waals surface area contributed by atoms with E-state index in [4.69, 9.17) is 5.11 Å². The first-order valence-corrected chi connectivity index (χ1v) is 14.4. The highest BCUT2D eigenvalue weighted by atomic mass is 32.2. The average Bonchev–Trinajstić information content (AvgIpc) is 2.84. The Hall–Kier alpha value is -1.68. The van der Waals surface area contributed by atoms with E-state index < -0.39 is 21.5 Å². The molecule has 1 aliphatic heterocycles. The zero-order chi connectivity index (χ0) is 23.4. The SMILES string of the molecule is CCCC[C@]1(C)CN(c2ccccc2)c2cc(SC)c(CSCC(=O)O)cc2S(=O)(=O)N1. The highest BCUT2D eigenvalue weighted by Gasteiger charge is 2.39. The van der Waals surface area contributed by atoms with Crippen LogP contribution in [0.4, 0.5) is 11.4 Å². The molecule has 6 nitrogen and oxygen atoms in total. The van der Waals surface area contributed by atoms with E-state index >= 15 is 0 Å². The lowest BCUT2D eigenvalue weighted by atomic mass is 9.95. The Balaban J connectivity index is 2.15.